The lowest BCUT2D eigenvalue weighted by Gasteiger charge is -2.13. The summed E-state index contributed by atoms with van der Waals surface area (Å²) in [7, 11) is 0. The molecule has 0 saturated carbocycles. The fourth-order valence-electron chi connectivity index (χ4n) is 1.38. The van der Waals surface area contributed by atoms with E-state index in [9.17, 15) is 10.2 Å². The molecule has 1 aliphatic heterocycles. The summed E-state index contributed by atoms with van der Waals surface area (Å²) >= 11 is 5.42. The van der Waals surface area contributed by atoms with Crippen LogP contribution in [0.15, 0.2) is 0 Å². The van der Waals surface area contributed by atoms with Crippen LogP contribution in [-0.2, 0) is 4.74 Å². The van der Waals surface area contributed by atoms with Gasteiger partial charge in [0, 0.05) is 25.5 Å². The normalized spacial score (nSPS) is 29.8. The van der Waals surface area contributed by atoms with Gasteiger partial charge in [0.05, 0.1) is 25.4 Å². The Bertz CT molecular complexity index is 137. The van der Waals surface area contributed by atoms with Crippen LogP contribution in [0.2, 0.25) is 0 Å². The number of halogens is 1. The molecule has 4 nitrogen and oxygen atoms in total. The summed E-state index contributed by atoms with van der Waals surface area (Å²) in [6, 6.07) is 0. The maximum atomic E-state index is 9.22. The number of aliphatic hydroxyl groups is 2. The van der Waals surface area contributed by atoms with E-state index in [-0.39, 0.29) is 0 Å². The SMILES string of the molecule is OC1CN(CCOCCCl)CC1O. The quantitative estimate of drug-likeness (QED) is 0.464. The minimum Gasteiger partial charge on any atom is -0.389 e. The Morgan fingerprint density at radius 3 is 2.38 bits per heavy atom. The molecular formula is C8H16ClNO3. The summed E-state index contributed by atoms with van der Waals surface area (Å²) in [5.41, 5.74) is 0. The van der Waals surface area contributed by atoms with Crippen LogP contribution in [0.4, 0.5) is 0 Å². The van der Waals surface area contributed by atoms with Gasteiger partial charge in [-0.25, -0.2) is 0 Å². The van der Waals surface area contributed by atoms with Gasteiger partial charge < -0.3 is 14.9 Å². The van der Waals surface area contributed by atoms with E-state index in [0.29, 0.717) is 32.2 Å². The van der Waals surface area contributed by atoms with Gasteiger partial charge in [-0.2, -0.15) is 0 Å². The molecule has 13 heavy (non-hydrogen) atoms. The van der Waals surface area contributed by atoms with E-state index in [0.717, 1.165) is 6.54 Å². The second kappa shape index (κ2) is 5.78. The zero-order chi connectivity index (χ0) is 9.68. The van der Waals surface area contributed by atoms with Gasteiger partial charge in [0.15, 0.2) is 0 Å². The molecule has 2 atom stereocenters. The van der Waals surface area contributed by atoms with Crippen LogP contribution < -0.4 is 0 Å². The van der Waals surface area contributed by atoms with Crippen LogP contribution in [-0.4, -0.2) is 66.0 Å². The van der Waals surface area contributed by atoms with Crippen LogP contribution in [0, 0.1) is 0 Å². The first-order valence-electron chi connectivity index (χ1n) is 4.46. The standard InChI is InChI=1S/C8H16ClNO3/c9-1-3-13-4-2-10-5-7(11)8(12)6-10/h7-8,11-12H,1-6H2. The molecule has 1 aliphatic rings. The third-order valence-corrected chi connectivity index (χ3v) is 2.26. The predicted octanol–water partition coefficient (Wildman–Crippen LogP) is -0.721. The first kappa shape index (κ1) is 11.2. The molecule has 2 unspecified atom stereocenters. The molecule has 1 fully saturated rings. The highest BCUT2D eigenvalue weighted by atomic mass is 35.5. The summed E-state index contributed by atoms with van der Waals surface area (Å²) in [5, 5.41) is 18.4. The second-order valence-corrected chi connectivity index (χ2v) is 3.57. The number of β-amino-alcohol motifs (C(OH)–C–C–N with tert-alkyl or cyclic N) is 2. The lowest BCUT2D eigenvalue weighted by atomic mass is 10.3. The molecule has 0 aromatic rings. The van der Waals surface area contributed by atoms with Crippen LogP contribution >= 0.6 is 11.6 Å². The number of aliphatic hydroxyl groups excluding tert-OH is 2. The second-order valence-electron chi connectivity index (χ2n) is 3.20. The van der Waals surface area contributed by atoms with Crippen LogP contribution in [0.3, 0.4) is 0 Å². The van der Waals surface area contributed by atoms with Gasteiger partial charge in [-0.15, -0.1) is 11.6 Å². The topological polar surface area (TPSA) is 52.9 Å². The van der Waals surface area contributed by atoms with Gasteiger partial charge in [0.1, 0.15) is 0 Å². The van der Waals surface area contributed by atoms with Crippen molar-refractivity contribution < 1.29 is 14.9 Å². The van der Waals surface area contributed by atoms with Gasteiger partial charge >= 0.3 is 0 Å². The van der Waals surface area contributed by atoms with E-state index in [1.54, 1.807) is 0 Å². The predicted molar refractivity (Wildman–Crippen MR) is 50.0 cm³/mol. The van der Waals surface area contributed by atoms with E-state index in [1.165, 1.54) is 0 Å². The van der Waals surface area contributed by atoms with Crippen molar-refractivity contribution >= 4 is 11.6 Å². The first-order valence-corrected chi connectivity index (χ1v) is 4.99. The summed E-state index contributed by atoms with van der Waals surface area (Å²) in [6.07, 6.45) is -1.21. The molecule has 1 heterocycles. The highest BCUT2D eigenvalue weighted by molar-refractivity contribution is 6.17. The summed E-state index contributed by atoms with van der Waals surface area (Å²) < 4.78 is 5.18. The number of likely N-dealkylation sites (tertiary alicyclic amines) is 1. The minimum absolute atomic E-state index is 0.505. The molecule has 0 radical (unpaired) electrons. The van der Waals surface area contributed by atoms with Crippen LogP contribution in [0.5, 0.6) is 0 Å². The fraction of sp³-hybridized carbons (Fsp3) is 1.00. The number of hydrogen-bond acceptors (Lipinski definition) is 4. The van der Waals surface area contributed by atoms with E-state index in [1.807, 2.05) is 4.90 Å². The Morgan fingerprint density at radius 1 is 1.23 bits per heavy atom. The number of alkyl halides is 1. The first-order chi connectivity index (χ1) is 6.24. The number of rotatable bonds is 5. The molecule has 1 rings (SSSR count). The van der Waals surface area contributed by atoms with E-state index in [4.69, 9.17) is 16.3 Å². The largest absolute Gasteiger partial charge is 0.389 e. The van der Waals surface area contributed by atoms with Gasteiger partial charge in [-0.05, 0) is 0 Å². The van der Waals surface area contributed by atoms with Crippen molar-refractivity contribution in [2.75, 3.05) is 38.7 Å². The zero-order valence-corrected chi connectivity index (χ0v) is 8.28. The van der Waals surface area contributed by atoms with Crippen molar-refractivity contribution in [3.8, 4) is 0 Å². The number of hydrogen-bond donors (Lipinski definition) is 2. The molecule has 2 N–H and O–H groups in total. The van der Waals surface area contributed by atoms with Gasteiger partial charge in [-0.3, -0.25) is 4.90 Å². The molecule has 0 aromatic carbocycles. The summed E-state index contributed by atoms with van der Waals surface area (Å²) in [4.78, 5) is 1.98. The van der Waals surface area contributed by atoms with Crippen molar-refractivity contribution in [1.82, 2.24) is 4.90 Å². The van der Waals surface area contributed by atoms with E-state index in [2.05, 4.69) is 0 Å². The van der Waals surface area contributed by atoms with Crippen molar-refractivity contribution in [3.05, 3.63) is 0 Å². The van der Waals surface area contributed by atoms with Crippen molar-refractivity contribution in [1.29, 1.82) is 0 Å². The molecule has 0 aromatic heterocycles. The third kappa shape index (κ3) is 3.79. The van der Waals surface area contributed by atoms with Crippen LogP contribution in [0.1, 0.15) is 0 Å². The Kier molecular flexibility index (Phi) is 4.98. The maximum Gasteiger partial charge on any atom is 0.0938 e. The van der Waals surface area contributed by atoms with Crippen molar-refractivity contribution in [2.24, 2.45) is 0 Å². The van der Waals surface area contributed by atoms with Gasteiger partial charge in [0.2, 0.25) is 0 Å². The zero-order valence-electron chi connectivity index (χ0n) is 7.53. The molecule has 0 aliphatic carbocycles. The average molecular weight is 210 g/mol. The maximum absolute atomic E-state index is 9.22. The highest BCUT2D eigenvalue weighted by Crippen LogP contribution is 2.08. The molecule has 0 spiro atoms. The fourth-order valence-corrected chi connectivity index (χ4v) is 1.49. The summed E-state index contributed by atoms with van der Waals surface area (Å²) in [5.74, 6) is 0.505. The average Bonchev–Trinajstić information content (AvgIpc) is 2.41. The summed E-state index contributed by atoms with van der Waals surface area (Å²) in [6.45, 7) is 2.97. The molecule has 1 saturated heterocycles. The van der Waals surface area contributed by atoms with Crippen molar-refractivity contribution in [2.45, 2.75) is 12.2 Å². The lowest BCUT2D eigenvalue weighted by Crippen LogP contribution is -2.26. The Morgan fingerprint density at radius 2 is 1.85 bits per heavy atom. The third-order valence-electron chi connectivity index (χ3n) is 2.11. The minimum atomic E-state index is -0.604. The Labute approximate surface area is 83.1 Å². The Hall–Kier alpha value is 0.130. The molecule has 0 bridgehead atoms. The number of nitrogens with zero attached hydrogens (tertiary/aromatic N) is 1. The number of ether oxygens (including phenoxy) is 1. The highest BCUT2D eigenvalue weighted by Gasteiger charge is 2.28. The smallest absolute Gasteiger partial charge is 0.0938 e. The van der Waals surface area contributed by atoms with Gasteiger partial charge in [0.25, 0.3) is 0 Å². The molecule has 78 valence electrons. The molecule has 0 amide bonds. The lowest BCUT2D eigenvalue weighted by molar-refractivity contribution is 0.0572. The van der Waals surface area contributed by atoms with E-state index < -0.39 is 12.2 Å². The molecular weight excluding hydrogens is 194 g/mol. The molecule has 5 heteroatoms. The Balaban J connectivity index is 2.03. The van der Waals surface area contributed by atoms with Gasteiger partial charge in [-0.1, -0.05) is 0 Å². The van der Waals surface area contributed by atoms with E-state index >= 15 is 0 Å². The van der Waals surface area contributed by atoms with Crippen LogP contribution in [0.25, 0.3) is 0 Å². The van der Waals surface area contributed by atoms with Crippen molar-refractivity contribution in [3.63, 3.8) is 0 Å². The monoisotopic (exact) mass is 209 g/mol.